The van der Waals surface area contributed by atoms with Crippen molar-refractivity contribution < 1.29 is 0 Å². The van der Waals surface area contributed by atoms with Gasteiger partial charge < -0.3 is 0 Å². The van der Waals surface area contributed by atoms with Gasteiger partial charge in [-0.3, -0.25) is 9.30 Å². The number of nitrogens with zero attached hydrogens (tertiary/aromatic N) is 4. The summed E-state index contributed by atoms with van der Waals surface area (Å²) >= 11 is 1.65. The SMILES string of the molecule is Cc1nc2scc(C)n2c1CC(C)(C#N)N(C)C. The highest BCUT2D eigenvalue weighted by Gasteiger charge is 2.30. The lowest BCUT2D eigenvalue weighted by molar-refractivity contribution is 0.234. The Morgan fingerprint density at radius 2 is 2.17 bits per heavy atom. The molecule has 96 valence electrons. The molecule has 0 aliphatic heterocycles. The van der Waals surface area contributed by atoms with Gasteiger partial charge in [0.1, 0.15) is 5.54 Å². The topological polar surface area (TPSA) is 44.3 Å². The number of nitriles is 1. The number of likely N-dealkylation sites (N-methyl/N-ethyl adjacent to an activating group) is 1. The second kappa shape index (κ2) is 4.38. The van der Waals surface area contributed by atoms with Crippen LogP contribution in [0.1, 0.15) is 24.0 Å². The van der Waals surface area contributed by atoms with Crippen LogP contribution in [0.25, 0.3) is 4.96 Å². The lowest BCUT2D eigenvalue weighted by Crippen LogP contribution is -2.42. The maximum absolute atomic E-state index is 9.42. The van der Waals surface area contributed by atoms with E-state index < -0.39 is 5.54 Å². The van der Waals surface area contributed by atoms with Gasteiger partial charge in [0.15, 0.2) is 4.96 Å². The minimum atomic E-state index is -0.505. The number of fused-ring (bicyclic) bond motifs is 1. The van der Waals surface area contributed by atoms with Crippen LogP contribution in [0.3, 0.4) is 0 Å². The van der Waals surface area contributed by atoms with Gasteiger partial charge in [-0.1, -0.05) is 0 Å². The van der Waals surface area contributed by atoms with Gasteiger partial charge in [0.2, 0.25) is 0 Å². The number of rotatable bonds is 3. The van der Waals surface area contributed by atoms with Gasteiger partial charge in [-0.15, -0.1) is 11.3 Å². The summed E-state index contributed by atoms with van der Waals surface area (Å²) in [7, 11) is 3.88. The predicted molar refractivity (Wildman–Crippen MR) is 74.0 cm³/mol. The van der Waals surface area contributed by atoms with Crippen LogP contribution >= 0.6 is 11.3 Å². The summed E-state index contributed by atoms with van der Waals surface area (Å²) in [6.45, 7) is 6.06. The lowest BCUT2D eigenvalue weighted by Gasteiger charge is -2.29. The number of thiazole rings is 1. The summed E-state index contributed by atoms with van der Waals surface area (Å²) in [6, 6.07) is 2.41. The monoisotopic (exact) mass is 262 g/mol. The van der Waals surface area contributed by atoms with Crippen molar-refractivity contribution >= 4 is 16.3 Å². The first-order valence-corrected chi connectivity index (χ1v) is 6.77. The Morgan fingerprint density at radius 3 is 2.72 bits per heavy atom. The molecule has 0 N–H and O–H groups in total. The first kappa shape index (κ1) is 13.1. The fourth-order valence-corrected chi connectivity index (χ4v) is 2.93. The third-order valence-electron chi connectivity index (χ3n) is 3.57. The molecule has 2 aromatic heterocycles. The van der Waals surface area contributed by atoms with Crippen LogP contribution < -0.4 is 0 Å². The van der Waals surface area contributed by atoms with Gasteiger partial charge in [0, 0.05) is 23.2 Å². The van der Waals surface area contributed by atoms with Gasteiger partial charge in [0.25, 0.3) is 0 Å². The van der Waals surface area contributed by atoms with Crippen LogP contribution in [0.5, 0.6) is 0 Å². The Bertz CT molecular complexity index is 617. The lowest BCUT2D eigenvalue weighted by atomic mass is 9.95. The zero-order chi connectivity index (χ0) is 13.5. The van der Waals surface area contributed by atoms with Crippen molar-refractivity contribution in [2.24, 2.45) is 0 Å². The van der Waals surface area contributed by atoms with Gasteiger partial charge in [-0.2, -0.15) is 5.26 Å². The molecular formula is C13H18N4S. The molecule has 0 spiro atoms. The molecule has 0 saturated carbocycles. The fraction of sp³-hybridized carbons (Fsp3) is 0.538. The Hall–Kier alpha value is -1.38. The third kappa shape index (κ3) is 1.92. The zero-order valence-corrected chi connectivity index (χ0v) is 12.3. The van der Waals surface area contributed by atoms with Gasteiger partial charge in [0.05, 0.1) is 11.8 Å². The number of hydrogen-bond acceptors (Lipinski definition) is 4. The average molecular weight is 262 g/mol. The smallest absolute Gasteiger partial charge is 0.194 e. The molecule has 1 unspecified atom stereocenters. The highest BCUT2D eigenvalue weighted by Crippen LogP contribution is 2.25. The molecule has 0 bridgehead atoms. The second-order valence-corrected chi connectivity index (χ2v) is 5.93. The molecular weight excluding hydrogens is 244 g/mol. The normalized spacial score (nSPS) is 14.9. The number of hydrogen-bond donors (Lipinski definition) is 0. The molecule has 2 aromatic rings. The van der Waals surface area contributed by atoms with E-state index in [2.05, 4.69) is 27.8 Å². The molecule has 2 heterocycles. The number of imidazole rings is 1. The minimum absolute atomic E-state index is 0.505. The van der Waals surface area contributed by atoms with Crippen molar-refractivity contribution in [2.75, 3.05) is 14.1 Å². The molecule has 2 rings (SSSR count). The van der Waals surface area contributed by atoms with Crippen molar-refractivity contribution in [3.8, 4) is 6.07 Å². The summed E-state index contributed by atoms with van der Waals surface area (Å²) in [6.07, 6.45) is 0.682. The summed E-state index contributed by atoms with van der Waals surface area (Å²) in [5, 5.41) is 11.5. The van der Waals surface area contributed by atoms with Crippen molar-refractivity contribution in [3.63, 3.8) is 0 Å². The highest BCUT2D eigenvalue weighted by atomic mass is 32.1. The van der Waals surface area contributed by atoms with Crippen molar-refractivity contribution in [1.82, 2.24) is 14.3 Å². The molecule has 0 saturated heterocycles. The van der Waals surface area contributed by atoms with Crippen molar-refractivity contribution in [1.29, 1.82) is 5.26 Å². The van der Waals surface area contributed by atoms with Crippen LogP contribution in [-0.2, 0) is 6.42 Å². The van der Waals surface area contributed by atoms with E-state index in [9.17, 15) is 5.26 Å². The van der Waals surface area contributed by atoms with Crippen molar-refractivity contribution in [2.45, 2.75) is 32.7 Å². The van der Waals surface area contributed by atoms with E-state index in [1.54, 1.807) is 11.3 Å². The fourth-order valence-electron chi connectivity index (χ4n) is 2.00. The number of aryl methyl sites for hydroxylation is 2. The molecule has 18 heavy (non-hydrogen) atoms. The van der Waals surface area contributed by atoms with Crippen molar-refractivity contribution in [3.05, 3.63) is 22.5 Å². The molecule has 0 aliphatic rings. The quantitative estimate of drug-likeness (QED) is 0.853. The Morgan fingerprint density at radius 1 is 1.50 bits per heavy atom. The first-order chi connectivity index (χ1) is 8.39. The summed E-state index contributed by atoms with van der Waals surface area (Å²) in [5.74, 6) is 0. The Kier molecular flexibility index (Phi) is 3.18. The molecule has 4 nitrogen and oxygen atoms in total. The largest absolute Gasteiger partial charge is 0.292 e. The summed E-state index contributed by atoms with van der Waals surface area (Å²) in [4.78, 5) is 7.54. The van der Waals surface area contributed by atoms with Crippen LogP contribution in [0.4, 0.5) is 0 Å². The molecule has 0 fully saturated rings. The van der Waals surface area contributed by atoms with E-state index in [4.69, 9.17) is 0 Å². The second-order valence-electron chi connectivity index (χ2n) is 5.10. The zero-order valence-electron chi connectivity index (χ0n) is 11.5. The van der Waals surface area contributed by atoms with E-state index in [-0.39, 0.29) is 0 Å². The van der Waals surface area contributed by atoms with Crippen LogP contribution in [-0.4, -0.2) is 33.9 Å². The molecule has 0 radical (unpaired) electrons. The first-order valence-electron chi connectivity index (χ1n) is 5.90. The average Bonchev–Trinajstić information content (AvgIpc) is 2.81. The molecule has 1 atom stereocenters. The van der Waals surface area contributed by atoms with Crippen LogP contribution in [0.2, 0.25) is 0 Å². The maximum atomic E-state index is 9.42. The number of aromatic nitrogens is 2. The highest BCUT2D eigenvalue weighted by molar-refractivity contribution is 7.15. The van der Waals surface area contributed by atoms with Gasteiger partial charge in [-0.25, -0.2) is 4.98 Å². The van der Waals surface area contributed by atoms with Crippen LogP contribution in [0, 0.1) is 25.2 Å². The van der Waals surface area contributed by atoms with E-state index in [0.717, 1.165) is 16.3 Å². The summed E-state index contributed by atoms with van der Waals surface area (Å²) < 4.78 is 2.17. The maximum Gasteiger partial charge on any atom is 0.194 e. The van der Waals surface area contributed by atoms with E-state index >= 15 is 0 Å². The van der Waals surface area contributed by atoms with Crippen LogP contribution in [0.15, 0.2) is 5.38 Å². The van der Waals surface area contributed by atoms with E-state index in [1.807, 2.05) is 32.8 Å². The molecule has 5 heteroatoms. The Labute approximate surface area is 111 Å². The standard InChI is InChI=1S/C13H18N4S/c1-9-7-18-12-15-10(2)11(17(9)12)6-13(3,8-14)16(4)5/h7H,6H2,1-5H3. The molecule has 0 aliphatic carbocycles. The van der Waals surface area contributed by atoms with E-state index in [0.29, 0.717) is 6.42 Å². The molecule has 0 aromatic carbocycles. The predicted octanol–water partition coefficient (Wildman–Crippen LogP) is 2.40. The Balaban J connectivity index is 2.52. The van der Waals surface area contributed by atoms with Gasteiger partial charge in [-0.05, 0) is 34.9 Å². The minimum Gasteiger partial charge on any atom is -0.292 e. The summed E-state index contributed by atoms with van der Waals surface area (Å²) in [5.41, 5.74) is 2.84. The molecule has 0 amide bonds. The third-order valence-corrected chi connectivity index (χ3v) is 4.51. The van der Waals surface area contributed by atoms with Gasteiger partial charge >= 0.3 is 0 Å². The van der Waals surface area contributed by atoms with E-state index in [1.165, 1.54) is 5.69 Å².